The molecule has 64 valence electrons. The van der Waals surface area contributed by atoms with E-state index < -0.39 is 5.60 Å². The highest BCUT2D eigenvalue weighted by molar-refractivity contribution is 5.11. The van der Waals surface area contributed by atoms with Crippen LogP contribution < -0.4 is 5.32 Å². The lowest BCUT2D eigenvalue weighted by atomic mass is 10.0. The maximum atomic E-state index is 9.76. The summed E-state index contributed by atoms with van der Waals surface area (Å²) >= 11 is 0. The van der Waals surface area contributed by atoms with E-state index in [0.717, 1.165) is 6.42 Å². The molecule has 11 heavy (non-hydrogen) atoms. The van der Waals surface area contributed by atoms with E-state index >= 15 is 0 Å². The number of ether oxygens (including phenoxy) is 1. The molecule has 1 heterocycles. The van der Waals surface area contributed by atoms with Gasteiger partial charge in [0.05, 0.1) is 6.61 Å². The maximum absolute atomic E-state index is 9.76. The molecule has 1 rings (SSSR count). The van der Waals surface area contributed by atoms with Crippen LogP contribution in [-0.4, -0.2) is 30.9 Å². The molecule has 3 nitrogen and oxygen atoms in total. The van der Waals surface area contributed by atoms with Crippen LogP contribution in [0.3, 0.4) is 0 Å². The largest absolute Gasteiger partial charge is 0.495 e. The topological polar surface area (TPSA) is 41.5 Å². The van der Waals surface area contributed by atoms with Gasteiger partial charge in [-0.25, -0.2) is 0 Å². The van der Waals surface area contributed by atoms with Gasteiger partial charge in [0.1, 0.15) is 11.4 Å². The molecular weight excluding hydrogens is 142 g/mol. The van der Waals surface area contributed by atoms with Crippen LogP contribution in [0.25, 0.3) is 0 Å². The normalized spacial score (nSPS) is 22.3. The smallest absolute Gasteiger partial charge is 0.131 e. The SMILES string of the molecule is CNCC(C)(O)C1=CCCO1. The first-order chi connectivity index (χ1) is 5.17. The second-order valence-corrected chi connectivity index (χ2v) is 3.01. The Morgan fingerprint density at radius 3 is 3.00 bits per heavy atom. The fourth-order valence-electron chi connectivity index (χ4n) is 1.22. The Morgan fingerprint density at radius 2 is 2.55 bits per heavy atom. The highest BCUT2D eigenvalue weighted by atomic mass is 16.5. The Kier molecular flexibility index (Phi) is 2.52. The molecule has 2 N–H and O–H groups in total. The van der Waals surface area contributed by atoms with Crippen LogP contribution in [0.1, 0.15) is 13.3 Å². The number of rotatable bonds is 3. The summed E-state index contributed by atoms with van der Waals surface area (Å²) in [4.78, 5) is 0. The van der Waals surface area contributed by atoms with Crippen LogP contribution >= 0.6 is 0 Å². The van der Waals surface area contributed by atoms with E-state index in [2.05, 4.69) is 5.32 Å². The van der Waals surface area contributed by atoms with E-state index in [1.54, 1.807) is 6.92 Å². The van der Waals surface area contributed by atoms with Crippen molar-refractivity contribution < 1.29 is 9.84 Å². The second-order valence-electron chi connectivity index (χ2n) is 3.01. The molecule has 0 aliphatic carbocycles. The van der Waals surface area contributed by atoms with Crippen molar-refractivity contribution in [1.29, 1.82) is 0 Å². The third kappa shape index (κ3) is 1.94. The molecule has 0 aromatic heterocycles. The van der Waals surface area contributed by atoms with Crippen molar-refractivity contribution in [1.82, 2.24) is 5.32 Å². The first-order valence-electron chi connectivity index (χ1n) is 3.87. The number of nitrogens with one attached hydrogen (secondary N) is 1. The first-order valence-corrected chi connectivity index (χ1v) is 3.87. The van der Waals surface area contributed by atoms with Crippen molar-refractivity contribution >= 4 is 0 Å². The summed E-state index contributed by atoms with van der Waals surface area (Å²) in [5, 5.41) is 12.7. The predicted molar refractivity (Wildman–Crippen MR) is 43.2 cm³/mol. The summed E-state index contributed by atoms with van der Waals surface area (Å²) in [7, 11) is 1.81. The summed E-state index contributed by atoms with van der Waals surface area (Å²) in [5.74, 6) is 0.701. The molecular formula is C8H15NO2. The average Bonchev–Trinajstić information content (AvgIpc) is 2.37. The molecule has 1 unspecified atom stereocenters. The van der Waals surface area contributed by atoms with Gasteiger partial charge in [-0.1, -0.05) is 0 Å². The van der Waals surface area contributed by atoms with Crippen LogP contribution in [0.5, 0.6) is 0 Å². The molecule has 0 aromatic rings. The molecule has 1 aliphatic heterocycles. The van der Waals surface area contributed by atoms with E-state index in [-0.39, 0.29) is 0 Å². The molecule has 0 amide bonds. The Morgan fingerprint density at radius 1 is 1.82 bits per heavy atom. The van der Waals surface area contributed by atoms with Gasteiger partial charge in [0, 0.05) is 13.0 Å². The van der Waals surface area contributed by atoms with Gasteiger partial charge in [-0.15, -0.1) is 0 Å². The number of hydrogen-bond acceptors (Lipinski definition) is 3. The van der Waals surface area contributed by atoms with Crippen LogP contribution in [-0.2, 0) is 4.74 Å². The fourth-order valence-corrected chi connectivity index (χ4v) is 1.22. The summed E-state index contributed by atoms with van der Waals surface area (Å²) in [6.45, 7) is 2.98. The van der Waals surface area contributed by atoms with Gasteiger partial charge in [0.25, 0.3) is 0 Å². The molecule has 0 aromatic carbocycles. The van der Waals surface area contributed by atoms with E-state index in [1.807, 2.05) is 13.1 Å². The van der Waals surface area contributed by atoms with Gasteiger partial charge in [0.15, 0.2) is 0 Å². The summed E-state index contributed by atoms with van der Waals surface area (Å²) in [6, 6.07) is 0. The predicted octanol–water partition coefficient (Wildman–Crippen LogP) is 0.261. The van der Waals surface area contributed by atoms with Crippen molar-refractivity contribution in [2.45, 2.75) is 18.9 Å². The zero-order valence-electron chi connectivity index (χ0n) is 7.05. The van der Waals surface area contributed by atoms with Gasteiger partial charge >= 0.3 is 0 Å². The lowest BCUT2D eigenvalue weighted by Gasteiger charge is -2.23. The number of aliphatic hydroxyl groups is 1. The maximum Gasteiger partial charge on any atom is 0.131 e. The summed E-state index contributed by atoms with van der Waals surface area (Å²) in [6.07, 6.45) is 2.85. The molecule has 0 spiro atoms. The summed E-state index contributed by atoms with van der Waals surface area (Å²) < 4.78 is 5.24. The quantitative estimate of drug-likeness (QED) is 0.617. The molecule has 3 heteroatoms. The zero-order valence-corrected chi connectivity index (χ0v) is 7.05. The number of hydrogen-bond donors (Lipinski definition) is 2. The third-order valence-corrected chi connectivity index (χ3v) is 1.76. The van der Waals surface area contributed by atoms with Crippen molar-refractivity contribution in [3.8, 4) is 0 Å². The Bertz CT molecular complexity index is 163. The van der Waals surface area contributed by atoms with Gasteiger partial charge in [-0.2, -0.15) is 0 Å². The standard InChI is InChI=1S/C8H15NO2/c1-8(10,6-9-2)7-4-3-5-11-7/h4,9-10H,3,5-6H2,1-2H3. The van der Waals surface area contributed by atoms with Gasteiger partial charge in [0.2, 0.25) is 0 Å². The van der Waals surface area contributed by atoms with Crippen molar-refractivity contribution in [2.24, 2.45) is 0 Å². The molecule has 0 saturated carbocycles. The minimum atomic E-state index is -0.842. The van der Waals surface area contributed by atoms with Crippen LogP contribution in [0.4, 0.5) is 0 Å². The van der Waals surface area contributed by atoms with Gasteiger partial charge in [-0.3, -0.25) is 0 Å². The molecule has 0 bridgehead atoms. The Labute approximate surface area is 67.1 Å². The van der Waals surface area contributed by atoms with Crippen LogP contribution in [0, 0.1) is 0 Å². The van der Waals surface area contributed by atoms with Gasteiger partial charge < -0.3 is 15.2 Å². The Hall–Kier alpha value is -0.540. The molecule has 1 atom stereocenters. The van der Waals surface area contributed by atoms with E-state index in [9.17, 15) is 5.11 Å². The molecule has 0 radical (unpaired) electrons. The minimum absolute atomic E-state index is 0.527. The molecule has 0 saturated heterocycles. The van der Waals surface area contributed by atoms with Crippen molar-refractivity contribution in [2.75, 3.05) is 20.2 Å². The van der Waals surface area contributed by atoms with Crippen LogP contribution in [0.2, 0.25) is 0 Å². The summed E-state index contributed by atoms with van der Waals surface area (Å²) in [5.41, 5.74) is -0.842. The van der Waals surface area contributed by atoms with E-state index in [0.29, 0.717) is 18.9 Å². The Balaban J connectivity index is 2.55. The lowest BCUT2D eigenvalue weighted by molar-refractivity contribution is 0.0365. The van der Waals surface area contributed by atoms with Gasteiger partial charge in [-0.05, 0) is 20.0 Å². The zero-order chi connectivity index (χ0) is 8.32. The average molecular weight is 157 g/mol. The van der Waals surface area contributed by atoms with E-state index in [1.165, 1.54) is 0 Å². The fraction of sp³-hybridized carbons (Fsp3) is 0.750. The third-order valence-electron chi connectivity index (χ3n) is 1.76. The lowest BCUT2D eigenvalue weighted by Crippen LogP contribution is -2.38. The van der Waals surface area contributed by atoms with E-state index in [4.69, 9.17) is 4.74 Å². The number of likely N-dealkylation sites (N-methyl/N-ethyl adjacent to an activating group) is 1. The minimum Gasteiger partial charge on any atom is -0.495 e. The van der Waals surface area contributed by atoms with Crippen molar-refractivity contribution in [3.63, 3.8) is 0 Å². The van der Waals surface area contributed by atoms with Crippen molar-refractivity contribution in [3.05, 3.63) is 11.8 Å². The molecule has 0 fully saturated rings. The molecule has 1 aliphatic rings. The first kappa shape index (κ1) is 8.56. The van der Waals surface area contributed by atoms with Crippen LogP contribution in [0.15, 0.2) is 11.8 Å². The highest BCUT2D eigenvalue weighted by Crippen LogP contribution is 2.21. The monoisotopic (exact) mass is 157 g/mol. The highest BCUT2D eigenvalue weighted by Gasteiger charge is 2.28. The second kappa shape index (κ2) is 3.24.